The SMILES string of the molecule is NNC(CCc1cccs1)c1coc2ccccc12. The quantitative estimate of drug-likeness (QED) is 0.551. The molecule has 4 heteroatoms. The molecule has 2 aromatic heterocycles. The number of aryl methyl sites for hydroxylation is 1. The number of para-hydroxylation sites is 1. The Hall–Kier alpha value is -1.62. The standard InChI is InChI=1S/C15H16N2OS/c16-17-14(8-7-11-4-3-9-19-11)13-10-18-15-6-2-1-5-12(13)15/h1-6,9-10,14,17H,7-8,16H2. The molecule has 0 aliphatic carbocycles. The fraction of sp³-hybridized carbons (Fsp3) is 0.200. The lowest BCUT2D eigenvalue weighted by Gasteiger charge is -2.14. The highest BCUT2D eigenvalue weighted by atomic mass is 32.1. The van der Waals surface area contributed by atoms with Crippen LogP contribution in [-0.2, 0) is 6.42 Å². The molecule has 1 unspecified atom stereocenters. The van der Waals surface area contributed by atoms with E-state index in [9.17, 15) is 0 Å². The van der Waals surface area contributed by atoms with Crippen LogP contribution in [0.5, 0.6) is 0 Å². The van der Waals surface area contributed by atoms with Gasteiger partial charge in [0.25, 0.3) is 0 Å². The van der Waals surface area contributed by atoms with Gasteiger partial charge in [0.1, 0.15) is 5.58 Å². The van der Waals surface area contributed by atoms with Gasteiger partial charge in [-0.1, -0.05) is 24.3 Å². The summed E-state index contributed by atoms with van der Waals surface area (Å²) in [4.78, 5) is 1.38. The van der Waals surface area contributed by atoms with Crippen LogP contribution < -0.4 is 11.3 Å². The lowest BCUT2D eigenvalue weighted by Crippen LogP contribution is -2.28. The maximum atomic E-state index is 5.71. The van der Waals surface area contributed by atoms with Crippen LogP contribution in [0.15, 0.2) is 52.5 Å². The highest BCUT2D eigenvalue weighted by molar-refractivity contribution is 7.09. The van der Waals surface area contributed by atoms with E-state index in [1.165, 1.54) is 4.88 Å². The fourth-order valence-corrected chi connectivity index (χ4v) is 3.06. The van der Waals surface area contributed by atoms with Crippen molar-refractivity contribution in [1.82, 2.24) is 5.43 Å². The minimum absolute atomic E-state index is 0.116. The van der Waals surface area contributed by atoms with Gasteiger partial charge in [0.15, 0.2) is 0 Å². The fourth-order valence-electron chi connectivity index (χ4n) is 2.34. The van der Waals surface area contributed by atoms with Gasteiger partial charge in [-0.05, 0) is 30.4 Å². The zero-order valence-electron chi connectivity index (χ0n) is 10.5. The van der Waals surface area contributed by atoms with Gasteiger partial charge in [-0.25, -0.2) is 0 Å². The average Bonchev–Trinajstić information content (AvgIpc) is 3.09. The predicted octanol–water partition coefficient (Wildman–Crippen LogP) is 3.63. The summed E-state index contributed by atoms with van der Waals surface area (Å²) in [5, 5.41) is 3.24. The van der Waals surface area contributed by atoms with Crippen molar-refractivity contribution in [3.8, 4) is 0 Å². The number of nitrogens with one attached hydrogen (secondary N) is 1. The Bertz CT molecular complexity index is 645. The van der Waals surface area contributed by atoms with Gasteiger partial charge in [0.05, 0.1) is 12.3 Å². The number of benzene rings is 1. The number of nitrogens with two attached hydrogens (primary N) is 1. The van der Waals surface area contributed by atoms with Crippen LogP contribution >= 0.6 is 11.3 Å². The van der Waals surface area contributed by atoms with E-state index in [0.29, 0.717) is 0 Å². The molecule has 3 nitrogen and oxygen atoms in total. The van der Waals surface area contributed by atoms with Crippen molar-refractivity contribution in [3.63, 3.8) is 0 Å². The third-order valence-corrected chi connectivity index (χ3v) is 4.28. The second kappa shape index (κ2) is 5.57. The van der Waals surface area contributed by atoms with E-state index in [1.807, 2.05) is 24.5 Å². The third-order valence-electron chi connectivity index (χ3n) is 3.35. The molecule has 0 radical (unpaired) electrons. The number of furan rings is 1. The average molecular weight is 272 g/mol. The smallest absolute Gasteiger partial charge is 0.134 e. The zero-order valence-corrected chi connectivity index (χ0v) is 11.3. The van der Waals surface area contributed by atoms with E-state index in [0.717, 1.165) is 29.4 Å². The first-order valence-corrected chi connectivity index (χ1v) is 7.21. The van der Waals surface area contributed by atoms with Crippen molar-refractivity contribution >= 4 is 22.3 Å². The molecule has 2 heterocycles. The summed E-state index contributed by atoms with van der Waals surface area (Å²) in [5.74, 6) is 5.71. The molecular formula is C15H16N2OS. The summed E-state index contributed by atoms with van der Waals surface area (Å²) < 4.78 is 5.58. The molecule has 0 bridgehead atoms. The Labute approximate surface area is 116 Å². The van der Waals surface area contributed by atoms with Crippen LogP contribution in [0, 0.1) is 0 Å². The Morgan fingerprint density at radius 2 is 2.11 bits per heavy atom. The molecule has 0 spiro atoms. The lowest BCUT2D eigenvalue weighted by molar-refractivity contribution is 0.509. The van der Waals surface area contributed by atoms with Gasteiger partial charge in [-0.15, -0.1) is 11.3 Å². The number of hydrogen-bond acceptors (Lipinski definition) is 4. The third kappa shape index (κ3) is 2.56. The summed E-state index contributed by atoms with van der Waals surface area (Å²) >= 11 is 1.78. The molecular weight excluding hydrogens is 256 g/mol. The number of fused-ring (bicyclic) bond motifs is 1. The first-order valence-electron chi connectivity index (χ1n) is 6.33. The van der Waals surface area contributed by atoms with Crippen molar-refractivity contribution in [1.29, 1.82) is 0 Å². The molecule has 1 aromatic carbocycles. The number of hydrazine groups is 1. The van der Waals surface area contributed by atoms with Crippen molar-refractivity contribution in [2.75, 3.05) is 0 Å². The molecule has 1 atom stereocenters. The molecule has 19 heavy (non-hydrogen) atoms. The van der Waals surface area contributed by atoms with E-state index < -0.39 is 0 Å². The summed E-state index contributed by atoms with van der Waals surface area (Å²) in [5.41, 5.74) is 4.95. The van der Waals surface area contributed by atoms with Crippen molar-refractivity contribution in [2.24, 2.45) is 5.84 Å². The Morgan fingerprint density at radius 1 is 1.21 bits per heavy atom. The number of thiophene rings is 1. The largest absolute Gasteiger partial charge is 0.464 e. The summed E-state index contributed by atoms with van der Waals surface area (Å²) in [6, 6.07) is 12.4. The molecule has 0 aliphatic rings. The van der Waals surface area contributed by atoms with Crippen LogP contribution in [0.1, 0.15) is 22.9 Å². The second-order valence-corrected chi connectivity index (χ2v) is 5.56. The first kappa shape index (κ1) is 12.4. The van der Waals surface area contributed by atoms with E-state index in [2.05, 4.69) is 29.0 Å². The van der Waals surface area contributed by atoms with Crippen molar-refractivity contribution in [3.05, 3.63) is 58.5 Å². The molecule has 3 N–H and O–H groups in total. The summed E-state index contributed by atoms with van der Waals surface area (Å²) in [6.45, 7) is 0. The maximum Gasteiger partial charge on any atom is 0.134 e. The molecule has 0 amide bonds. The van der Waals surface area contributed by atoms with Gasteiger partial charge in [0, 0.05) is 15.8 Å². The van der Waals surface area contributed by atoms with Gasteiger partial charge in [-0.3, -0.25) is 11.3 Å². The second-order valence-electron chi connectivity index (χ2n) is 4.52. The van der Waals surface area contributed by atoms with Crippen LogP contribution in [-0.4, -0.2) is 0 Å². The molecule has 0 saturated heterocycles. The van der Waals surface area contributed by atoms with Crippen LogP contribution in [0.2, 0.25) is 0 Å². The summed E-state index contributed by atoms with van der Waals surface area (Å²) in [6.07, 6.45) is 3.79. The molecule has 0 saturated carbocycles. The summed E-state index contributed by atoms with van der Waals surface area (Å²) in [7, 11) is 0. The van der Waals surface area contributed by atoms with Crippen LogP contribution in [0.25, 0.3) is 11.0 Å². The van der Waals surface area contributed by atoms with E-state index in [4.69, 9.17) is 10.3 Å². The molecule has 0 aliphatic heterocycles. The highest BCUT2D eigenvalue weighted by Gasteiger charge is 2.15. The molecule has 0 fully saturated rings. The van der Waals surface area contributed by atoms with Crippen LogP contribution in [0.3, 0.4) is 0 Å². The Balaban J connectivity index is 1.81. The Kier molecular flexibility index (Phi) is 3.64. The minimum Gasteiger partial charge on any atom is -0.464 e. The highest BCUT2D eigenvalue weighted by Crippen LogP contribution is 2.29. The zero-order chi connectivity index (χ0) is 13.1. The molecule has 98 valence electrons. The Morgan fingerprint density at radius 3 is 2.89 bits per heavy atom. The molecule has 3 aromatic rings. The first-order chi connectivity index (χ1) is 9.38. The van der Waals surface area contributed by atoms with E-state index in [1.54, 1.807) is 11.3 Å². The number of rotatable bonds is 5. The topological polar surface area (TPSA) is 51.2 Å². The van der Waals surface area contributed by atoms with Gasteiger partial charge < -0.3 is 4.42 Å². The van der Waals surface area contributed by atoms with Gasteiger partial charge in [-0.2, -0.15) is 0 Å². The minimum atomic E-state index is 0.116. The van der Waals surface area contributed by atoms with E-state index in [-0.39, 0.29) is 6.04 Å². The molecule has 3 rings (SSSR count). The maximum absolute atomic E-state index is 5.71. The van der Waals surface area contributed by atoms with Gasteiger partial charge in [0.2, 0.25) is 0 Å². The van der Waals surface area contributed by atoms with Crippen molar-refractivity contribution in [2.45, 2.75) is 18.9 Å². The van der Waals surface area contributed by atoms with E-state index >= 15 is 0 Å². The predicted molar refractivity (Wildman–Crippen MR) is 78.9 cm³/mol. The van der Waals surface area contributed by atoms with Gasteiger partial charge >= 0.3 is 0 Å². The van der Waals surface area contributed by atoms with Crippen LogP contribution in [0.4, 0.5) is 0 Å². The monoisotopic (exact) mass is 272 g/mol. The number of hydrogen-bond donors (Lipinski definition) is 2. The normalized spacial score (nSPS) is 12.9. The van der Waals surface area contributed by atoms with Crippen molar-refractivity contribution < 1.29 is 4.42 Å². The lowest BCUT2D eigenvalue weighted by atomic mass is 10.0.